The van der Waals surface area contributed by atoms with Crippen LogP contribution in [0.25, 0.3) is 5.57 Å². The second-order valence-electron chi connectivity index (χ2n) is 7.91. The zero-order chi connectivity index (χ0) is 23.4. The summed E-state index contributed by atoms with van der Waals surface area (Å²) in [6, 6.07) is 21.5. The molecule has 6 nitrogen and oxygen atoms in total. The second-order valence-corrected chi connectivity index (χ2v) is 9.56. The summed E-state index contributed by atoms with van der Waals surface area (Å²) in [5.74, 6) is 0.451. The smallest absolute Gasteiger partial charge is 0.262 e. The zero-order valence-corrected chi connectivity index (χ0v) is 19.4. The predicted octanol–water partition coefficient (Wildman–Crippen LogP) is 4.73. The number of nitrogens with zero attached hydrogens (tertiary/aromatic N) is 1. The molecule has 3 aromatic rings. The molecule has 0 fully saturated rings. The van der Waals surface area contributed by atoms with Crippen LogP contribution in [0.2, 0.25) is 0 Å². The van der Waals surface area contributed by atoms with Gasteiger partial charge in [0.25, 0.3) is 15.9 Å². The van der Waals surface area contributed by atoms with E-state index in [2.05, 4.69) is 22.9 Å². The van der Waals surface area contributed by atoms with Crippen molar-refractivity contribution >= 4 is 27.2 Å². The standard InChI is InChI=1S/C26H26N2O4S/c1-19-8-9-22(18-25(19)33(30,31)27-23-10-12-24(32-2)13-11-23)26(29)28-16-14-21(15-17-28)20-6-4-3-5-7-20/h3-14,18,27H,15-17H2,1-2H3. The van der Waals surface area contributed by atoms with Gasteiger partial charge in [0.05, 0.1) is 12.0 Å². The van der Waals surface area contributed by atoms with E-state index in [-0.39, 0.29) is 10.8 Å². The molecule has 0 radical (unpaired) electrons. The Bertz CT molecular complexity index is 1280. The van der Waals surface area contributed by atoms with Gasteiger partial charge in [-0.25, -0.2) is 8.42 Å². The molecule has 0 bridgehead atoms. The molecule has 0 saturated carbocycles. The molecule has 1 aliphatic rings. The Labute approximate surface area is 194 Å². The average molecular weight is 463 g/mol. The Hall–Kier alpha value is -3.58. The van der Waals surface area contributed by atoms with Gasteiger partial charge in [0.15, 0.2) is 0 Å². The first-order valence-electron chi connectivity index (χ1n) is 10.7. The van der Waals surface area contributed by atoms with Crippen LogP contribution < -0.4 is 9.46 Å². The molecule has 0 aromatic heterocycles. The third-order valence-electron chi connectivity index (χ3n) is 5.71. The lowest BCUT2D eigenvalue weighted by molar-refractivity contribution is 0.0772. The van der Waals surface area contributed by atoms with Crippen molar-refractivity contribution in [3.8, 4) is 5.75 Å². The molecule has 7 heteroatoms. The molecular formula is C26H26N2O4S. The van der Waals surface area contributed by atoms with E-state index in [9.17, 15) is 13.2 Å². The van der Waals surface area contributed by atoms with Crippen molar-refractivity contribution in [2.45, 2.75) is 18.2 Å². The van der Waals surface area contributed by atoms with Crippen LogP contribution in [0.3, 0.4) is 0 Å². The maximum absolute atomic E-state index is 13.1. The highest BCUT2D eigenvalue weighted by atomic mass is 32.2. The number of anilines is 1. The maximum Gasteiger partial charge on any atom is 0.262 e. The van der Waals surface area contributed by atoms with Crippen LogP contribution in [0.5, 0.6) is 5.75 Å². The Kier molecular flexibility index (Phi) is 6.51. The SMILES string of the molecule is COc1ccc(NS(=O)(=O)c2cc(C(=O)N3CC=C(c4ccccc4)CC3)ccc2C)cc1. The number of carbonyl (C=O) groups is 1. The van der Waals surface area contributed by atoms with Gasteiger partial charge in [-0.15, -0.1) is 0 Å². The zero-order valence-electron chi connectivity index (χ0n) is 18.6. The van der Waals surface area contributed by atoms with Crippen LogP contribution in [0.4, 0.5) is 5.69 Å². The van der Waals surface area contributed by atoms with Gasteiger partial charge in [0.2, 0.25) is 0 Å². The number of methoxy groups -OCH3 is 1. The Morgan fingerprint density at radius 2 is 1.73 bits per heavy atom. The molecule has 1 amide bonds. The topological polar surface area (TPSA) is 75.7 Å². The summed E-state index contributed by atoms with van der Waals surface area (Å²) in [5.41, 5.74) is 3.72. The van der Waals surface area contributed by atoms with Crippen LogP contribution in [-0.2, 0) is 10.0 Å². The summed E-state index contributed by atoms with van der Waals surface area (Å²) >= 11 is 0. The second kappa shape index (κ2) is 9.50. The van der Waals surface area contributed by atoms with Crippen molar-refractivity contribution in [3.63, 3.8) is 0 Å². The number of ether oxygens (including phenoxy) is 1. The molecule has 1 aliphatic heterocycles. The van der Waals surface area contributed by atoms with E-state index in [0.717, 1.165) is 12.0 Å². The minimum absolute atomic E-state index is 0.0849. The van der Waals surface area contributed by atoms with E-state index in [1.807, 2.05) is 18.2 Å². The lowest BCUT2D eigenvalue weighted by Crippen LogP contribution is -2.34. The van der Waals surface area contributed by atoms with Crippen molar-refractivity contribution in [2.24, 2.45) is 0 Å². The Morgan fingerprint density at radius 3 is 2.36 bits per heavy atom. The number of benzene rings is 3. The number of nitrogens with one attached hydrogen (secondary N) is 1. The van der Waals surface area contributed by atoms with Crippen LogP contribution in [0, 0.1) is 6.92 Å². The number of hydrogen-bond acceptors (Lipinski definition) is 4. The van der Waals surface area contributed by atoms with E-state index in [0.29, 0.717) is 35.7 Å². The first kappa shape index (κ1) is 22.6. The highest BCUT2D eigenvalue weighted by Gasteiger charge is 2.23. The van der Waals surface area contributed by atoms with E-state index in [1.165, 1.54) is 11.6 Å². The van der Waals surface area contributed by atoms with Gasteiger partial charge in [0.1, 0.15) is 5.75 Å². The summed E-state index contributed by atoms with van der Waals surface area (Å²) < 4.78 is 33.8. The minimum atomic E-state index is -3.87. The van der Waals surface area contributed by atoms with Gasteiger partial charge in [0, 0.05) is 24.3 Å². The van der Waals surface area contributed by atoms with E-state index < -0.39 is 10.0 Å². The van der Waals surface area contributed by atoms with Gasteiger partial charge in [-0.1, -0.05) is 42.5 Å². The number of hydrogen-bond donors (Lipinski definition) is 1. The normalized spacial score (nSPS) is 13.9. The molecule has 0 saturated heterocycles. The molecule has 3 aromatic carbocycles. The summed E-state index contributed by atoms with van der Waals surface area (Å²) in [5, 5.41) is 0. The van der Waals surface area contributed by atoms with Crippen molar-refractivity contribution in [1.29, 1.82) is 0 Å². The predicted molar refractivity (Wildman–Crippen MR) is 130 cm³/mol. The number of amides is 1. The van der Waals surface area contributed by atoms with Crippen molar-refractivity contribution in [3.05, 3.63) is 95.6 Å². The summed E-state index contributed by atoms with van der Waals surface area (Å²) in [7, 11) is -2.32. The number of carbonyl (C=O) groups excluding carboxylic acids is 1. The molecule has 0 atom stereocenters. The Balaban J connectivity index is 1.53. The molecule has 170 valence electrons. The monoisotopic (exact) mass is 462 g/mol. The fourth-order valence-electron chi connectivity index (χ4n) is 3.84. The van der Waals surface area contributed by atoms with Crippen LogP contribution in [0.15, 0.2) is 83.8 Å². The third kappa shape index (κ3) is 5.09. The Morgan fingerprint density at radius 1 is 1.00 bits per heavy atom. The highest BCUT2D eigenvalue weighted by Crippen LogP contribution is 2.25. The molecule has 0 spiro atoms. The fraction of sp³-hybridized carbons (Fsp3) is 0.192. The number of sulfonamides is 1. The summed E-state index contributed by atoms with van der Waals surface area (Å²) in [6.07, 6.45) is 2.82. The highest BCUT2D eigenvalue weighted by molar-refractivity contribution is 7.92. The van der Waals surface area contributed by atoms with Crippen molar-refractivity contribution in [2.75, 3.05) is 24.9 Å². The first-order chi connectivity index (χ1) is 15.9. The molecule has 1 heterocycles. The van der Waals surface area contributed by atoms with E-state index in [4.69, 9.17) is 4.74 Å². The van der Waals surface area contributed by atoms with Crippen LogP contribution in [-0.4, -0.2) is 39.4 Å². The van der Waals surface area contributed by atoms with E-state index in [1.54, 1.807) is 55.3 Å². The number of rotatable bonds is 6. The molecular weight excluding hydrogens is 436 g/mol. The molecule has 0 aliphatic carbocycles. The van der Waals surface area contributed by atoms with Gasteiger partial charge >= 0.3 is 0 Å². The molecule has 0 unspecified atom stereocenters. The van der Waals surface area contributed by atoms with Crippen LogP contribution in [0.1, 0.15) is 27.9 Å². The minimum Gasteiger partial charge on any atom is -0.497 e. The fourth-order valence-corrected chi connectivity index (χ4v) is 5.17. The van der Waals surface area contributed by atoms with Crippen LogP contribution >= 0.6 is 0 Å². The lowest BCUT2D eigenvalue weighted by Gasteiger charge is -2.27. The quantitative estimate of drug-likeness (QED) is 0.574. The summed E-state index contributed by atoms with van der Waals surface area (Å²) in [4.78, 5) is 15.0. The maximum atomic E-state index is 13.1. The lowest BCUT2D eigenvalue weighted by atomic mass is 9.99. The molecule has 1 N–H and O–H groups in total. The van der Waals surface area contributed by atoms with E-state index >= 15 is 0 Å². The molecule has 33 heavy (non-hydrogen) atoms. The van der Waals surface area contributed by atoms with Gasteiger partial charge < -0.3 is 9.64 Å². The van der Waals surface area contributed by atoms with Gasteiger partial charge in [-0.05, 0) is 66.4 Å². The average Bonchev–Trinajstić information content (AvgIpc) is 2.85. The molecule has 4 rings (SSSR count). The number of aryl methyl sites for hydroxylation is 1. The largest absolute Gasteiger partial charge is 0.497 e. The third-order valence-corrected chi connectivity index (χ3v) is 7.23. The van der Waals surface area contributed by atoms with Gasteiger partial charge in [-0.3, -0.25) is 9.52 Å². The first-order valence-corrected chi connectivity index (χ1v) is 12.2. The summed E-state index contributed by atoms with van der Waals surface area (Å²) in [6.45, 7) is 2.79. The van der Waals surface area contributed by atoms with Crippen molar-refractivity contribution < 1.29 is 17.9 Å². The van der Waals surface area contributed by atoms with Gasteiger partial charge in [-0.2, -0.15) is 0 Å². The van der Waals surface area contributed by atoms with Crippen molar-refractivity contribution in [1.82, 2.24) is 4.90 Å².